The normalized spacial score (nSPS) is 13.8. The number of hydrogen-bond acceptors (Lipinski definition) is 5. The molecule has 104 valence electrons. The summed E-state index contributed by atoms with van der Waals surface area (Å²) >= 11 is 0. The van der Waals surface area contributed by atoms with Crippen LogP contribution in [0.5, 0.6) is 0 Å². The molecule has 19 heavy (non-hydrogen) atoms. The largest absolute Gasteiger partial charge is 0.356 e. The molecule has 0 bridgehead atoms. The number of nitrogens with zero attached hydrogens (tertiary/aromatic N) is 1. The standard InChI is InChI=1S/C12H17N3O3S/c1-9(13-2)7-14-19(16,17)8-11-10-5-3-4-6-12(10)18-15-11/h3-6,9,13-14H,7-8H2,1-2H3. The van der Waals surface area contributed by atoms with E-state index < -0.39 is 10.0 Å². The minimum atomic E-state index is -3.41. The van der Waals surface area contributed by atoms with Crippen LogP contribution in [-0.4, -0.2) is 33.2 Å². The summed E-state index contributed by atoms with van der Waals surface area (Å²) in [5, 5.41) is 7.51. The molecular formula is C12H17N3O3S. The molecule has 7 heteroatoms. The fourth-order valence-corrected chi connectivity index (χ4v) is 2.80. The average Bonchev–Trinajstić information content (AvgIpc) is 2.79. The molecule has 1 aromatic carbocycles. The van der Waals surface area contributed by atoms with Gasteiger partial charge in [0, 0.05) is 18.0 Å². The molecule has 1 unspecified atom stereocenters. The van der Waals surface area contributed by atoms with Crippen LogP contribution in [0.2, 0.25) is 0 Å². The number of sulfonamides is 1. The zero-order valence-corrected chi connectivity index (χ0v) is 11.7. The van der Waals surface area contributed by atoms with E-state index in [2.05, 4.69) is 15.2 Å². The van der Waals surface area contributed by atoms with Gasteiger partial charge in [-0.2, -0.15) is 0 Å². The zero-order chi connectivity index (χ0) is 13.9. The van der Waals surface area contributed by atoms with Crippen molar-refractivity contribution in [3.8, 4) is 0 Å². The van der Waals surface area contributed by atoms with Crippen molar-refractivity contribution in [2.24, 2.45) is 0 Å². The van der Waals surface area contributed by atoms with E-state index in [1.165, 1.54) is 0 Å². The van der Waals surface area contributed by atoms with Gasteiger partial charge in [-0.3, -0.25) is 0 Å². The van der Waals surface area contributed by atoms with Crippen molar-refractivity contribution in [2.75, 3.05) is 13.6 Å². The van der Waals surface area contributed by atoms with E-state index in [9.17, 15) is 8.42 Å². The Hall–Kier alpha value is -1.44. The molecule has 2 rings (SSSR count). The summed E-state index contributed by atoms with van der Waals surface area (Å²) in [7, 11) is -1.63. The maximum atomic E-state index is 11.9. The Morgan fingerprint density at radius 2 is 2.11 bits per heavy atom. The Morgan fingerprint density at radius 1 is 1.37 bits per heavy atom. The van der Waals surface area contributed by atoms with E-state index in [1.807, 2.05) is 19.1 Å². The van der Waals surface area contributed by atoms with Crippen molar-refractivity contribution in [3.63, 3.8) is 0 Å². The molecule has 2 aromatic rings. The number of hydrogen-bond donors (Lipinski definition) is 2. The van der Waals surface area contributed by atoms with E-state index in [-0.39, 0.29) is 11.8 Å². The molecule has 0 aliphatic rings. The molecule has 1 atom stereocenters. The smallest absolute Gasteiger partial charge is 0.217 e. The molecule has 6 nitrogen and oxygen atoms in total. The Bertz CT molecular complexity index is 651. The summed E-state index contributed by atoms with van der Waals surface area (Å²) in [6.45, 7) is 2.24. The molecule has 2 N–H and O–H groups in total. The van der Waals surface area contributed by atoms with Crippen LogP contribution in [0.3, 0.4) is 0 Å². The number of para-hydroxylation sites is 1. The van der Waals surface area contributed by atoms with Crippen molar-refractivity contribution in [1.29, 1.82) is 0 Å². The fourth-order valence-electron chi connectivity index (χ4n) is 1.63. The van der Waals surface area contributed by atoms with E-state index in [0.717, 1.165) is 5.39 Å². The minimum absolute atomic E-state index is 0.0730. The topological polar surface area (TPSA) is 84.2 Å². The van der Waals surface area contributed by atoms with Crippen LogP contribution in [-0.2, 0) is 15.8 Å². The molecule has 0 fully saturated rings. The van der Waals surface area contributed by atoms with E-state index in [0.29, 0.717) is 17.8 Å². The van der Waals surface area contributed by atoms with Crippen LogP contribution < -0.4 is 10.0 Å². The summed E-state index contributed by atoms with van der Waals surface area (Å²) < 4.78 is 31.5. The van der Waals surface area contributed by atoms with Gasteiger partial charge in [-0.25, -0.2) is 13.1 Å². The van der Waals surface area contributed by atoms with Gasteiger partial charge in [0.05, 0.1) is 0 Å². The number of benzene rings is 1. The monoisotopic (exact) mass is 283 g/mol. The third-order valence-electron chi connectivity index (χ3n) is 2.88. The lowest BCUT2D eigenvalue weighted by Gasteiger charge is -2.11. The van der Waals surface area contributed by atoms with Gasteiger partial charge in [0.15, 0.2) is 5.58 Å². The highest BCUT2D eigenvalue weighted by Gasteiger charge is 2.17. The molecular weight excluding hydrogens is 266 g/mol. The molecule has 1 heterocycles. The second-order valence-electron chi connectivity index (χ2n) is 4.42. The molecule has 0 saturated carbocycles. The molecule has 1 aromatic heterocycles. The third kappa shape index (κ3) is 3.52. The molecule has 0 aliphatic carbocycles. The van der Waals surface area contributed by atoms with Crippen LogP contribution >= 0.6 is 0 Å². The van der Waals surface area contributed by atoms with Crippen molar-refractivity contribution < 1.29 is 12.9 Å². The van der Waals surface area contributed by atoms with Crippen molar-refractivity contribution in [1.82, 2.24) is 15.2 Å². The number of nitrogens with one attached hydrogen (secondary N) is 2. The van der Waals surface area contributed by atoms with Gasteiger partial charge in [0.25, 0.3) is 0 Å². The highest BCUT2D eigenvalue weighted by atomic mass is 32.2. The second kappa shape index (κ2) is 5.68. The quantitative estimate of drug-likeness (QED) is 0.821. The highest BCUT2D eigenvalue weighted by molar-refractivity contribution is 7.88. The maximum absolute atomic E-state index is 11.9. The highest BCUT2D eigenvalue weighted by Crippen LogP contribution is 2.19. The van der Waals surface area contributed by atoms with Crippen molar-refractivity contribution >= 4 is 21.0 Å². The molecule has 0 spiro atoms. The first kappa shape index (κ1) is 14.0. The van der Waals surface area contributed by atoms with Gasteiger partial charge >= 0.3 is 0 Å². The van der Waals surface area contributed by atoms with Gasteiger partial charge in [-0.05, 0) is 26.1 Å². The van der Waals surface area contributed by atoms with E-state index in [1.54, 1.807) is 19.2 Å². The summed E-state index contributed by atoms with van der Waals surface area (Å²) in [5.74, 6) is -0.180. The van der Waals surface area contributed by atoms with E-state index >= 15 is 0 Å². The molecule has 0 radical (unpaired) electrons. The van der Waals surface area contributed by atoms with Crippen LogP contribution in [0.4, 0.5) is 0 Å². The van der Waals surface area contributed by atoms with Gasteiger partial charge in [-0.15, -0.1) is 0 Å². The third-order valence-corrected chi connectivity index (χ3v) is 4.14. The van der Waals surface area contributed by atoms with E-state index in [4.69, 9.17) is 4.52 Å². The van der Waals surface area contributed by atoms with Gasteiger partial charge < -0.3 is 9.84 Å². The number of aromatic nitrogens is 1. The van der Waals surface area contributed by atoms with Gasteiger partial charge in [-0.1, -0.05) is 17.3 Å². The number of likely N-dealkylation sites (N-methyl/N-ethyl adjacent to an activating group) is 1. The predicted octanol–water partition coefficient (Wildman–Crippen LogP) is 0.855. The molecule has 0 amide bonds. The molecule has 0 aliphatic heterocycles. The Balaban J connectivity index is 2.12. The SMILES string of the molecule is CNC(C)CNS(=O)(=O)Cc1noc2ccccc12. The first-order chi connectivity index (χ1) is 9.02. The lowest BCUT2D eigenvalue weighted by molar-refractivity contribution is 0.448. The number of rotatable bonds is 6. The predicted molar refractivity (Wildman–Crippen MR) is 73.2 cm³/mol. The zero-order valence-electron chi connectivity index (χ0n) is 10.9. The Kier molecular flexibility index (Phi) is 4.18. The van der Waals surface area contributed by atoms with Gasteiger partial charge in [0.1, 0.15) is 11.4 Å². The first-order valence-corrected chi connectivity index (χ1v) is 7.65. The minimum Gasteiger partial charge on any atom is -0.356 e. The van der Waals surface area contributed by atoms with Crippen LogP contribution in [0.1, 0.15) is 12.6 Å². The van der Waals surface area contributed by atoms with Crippen LogP contribution in [0.25, 0.3) is 11.0 Å². The fraction of sp³-hybridized carbons (Fsp3) is 0.417. The summed E-state index contributed by atoms with van der Waals surface area (Å²) in [6.07, 6.45) is 0. The lowest BCUT2D eigenvalue weighted by atomic mass is 10.2. The summed E-state index contributed by atoms with van der Waals surface area (Å²) in [4.78, 5) is 0. The molecule has 0 saturated heterocycles. The number of fused-ring (bicyclic) bond motifs is 1. The second-order valence-corrected chi connectivity index (χ2v) is 6.23. The maximum Gasteiger partial charge on any atom is 0.217 e. The lowest BCUT2D eigenvalue weighted by Crippen LogP contribution is -2.37. The van der Waals surface area contributed by atoms with Crippen LogP contribution in [0, 0.1) is 0 Å². The van der Waals surface area contributed by atoms with Crippen LogP contribution in [0.15, 0.2) is 28.8 Å². The first-order valence-electron chi connectivity index (χ1n) is 6.00. The Labute approximate surface area is 112 Å². The van der Waals surface area contributed by atoms with Gasteiger partial charge in [0.2, 0.25) is 10.0 Å². The van der Waals surface area contributed by atoms with Crippen molar-refractivity contribution in [2.45, 2.75) is 18.7 Å². The summed E-state index contributed by atoms with van der Waals surface area (Å²) in [6, 6.07) is 7.27. The van der Waals surface area contributed by atoms with Crippen molar-refractivity contribution in [3.05, 3.63) is 30.0 Å². The average molecular weight is 283 g/mol. The summed E-state index contributed by atoms with van der Waals surface area (Å²) in [5.41, 5.74) is 1.02. The Morgan fingerprint density at radius 3 is 2.84 bits per heavy atom.